The van der Waals surface area contributed by atoms with Crippen molar-refractivity contribution in [1.29, 1.82) is 0 Å². The van der Waals surface area contributed by atoms with E-state index in [0.717, 1.165) is 37.3 Å². The van der Waals surface area contributed by atoms with Crippen LogP contribution in [0.15, 0.2) is 11.2 Å². The first-order valence-electron chi connectivity index (χ1n) is 6.96. The van der Waals surface area contributed by atoms with Gasteiger partial charge in [0.25, 0.3) is 0 Å². The van der Waals surface area contributed by atoms with Crippen molar-refractivity contribution in [2.75, 3.05) is 18.0 Å². The number of nitrogens with two attached hydrogens (primary N) is 1. The Labute approximate surface area is 114 Å². The van der Waals surface area contributed by atoms with Crippen LogP contribution in [0.25, 0.3) is 0 Å². The molecule has 2 rings (SSSR count). The molecule has 1 aromatic heterocycles. The van der Waals surface area contributed by atoms with Crippen LogP contribution in [0.2, 0.25) is 0 Å². The van der Waals surface area contributed by atoms with Gasteiger partial charge >= 0.3 is 0 Å². The molecule has 3 N–H and O–H groups in total. The van der Waals surface area contributed by atoms with E-state index in [1.54, 1.807) is 0 Å². The zero-order chi connectivity index (χ0) is 13.8. The van der Waals surface area contributed by atoms with Crippen LogP contribution in [0.1, 0.15) is 43.5 Å². The van der Waals surface area contributed by atoms with Crippen molar-refractivity contribution in [1.82, 2.24) is 4.98 Å². The van der Waals surface area contributed by atoms with Crippen LogP contribution in [-0.2, 0) is 12.8 Å². The van der Waals surface area contributed by atoms with E-state index in [9.17, 15) is 0 Å². The van der Waals surface area contributed by atoms with Gasteiger partial charge in [-0.1, -0.05) is 5.16 Å². The first-order valence-corrected chi connectivity index (χ1v) is 6.96. The number of nitrogens with zero attached hydrogens (tertiary/aromatic N) is 3. The first-order chi connectivity index (χ1) is 9.21. The lowest BCUT2D eigenvalue weighted by Crippen LogP contribution is -2.28. The summed E-state index contributed by atoms with van der Waals surface area (Å²) < 4.78 is 0. The third-order valence-electron chi connectivity index (χ3n) is 3.73. The fraction of sp³-hybridized carbons (Fsp3) is 0.571. The number of pyridine rings is 1. The number of aryl methyl sites for hydroxylation is 2. The minimum atomic E-state index is 0.141. The van der Waals surface area contributed by atoms with Crippen LogP contribution in [0.4, 0.5) is 5.82 Å². The minimum Gasteiger partial charge on any atom is -0.409 e. The average molecular weight is 262 g/mol. The summed E-state index contributed by atoms with van der Waals surface area (Å²) in [6.07, 6.45) is 4.45. The maximum atomic E-state index is 8.96. The van der Waals surface area contributed by atoms with Gasteiger partial charge in [0.05, 0.1) is 5.56 Å². The van der Waals surface area contributed by atoms with E-state index in [-0.39, 0.29) is 5.84 Å². The number of hydrogen-bond donors (Lipinski definition) is 2. The second-order valence-corrected chi connectivity index (χ2v) is 4.83. The van der Waals surface area contributed by atoms with Gasteiger partial charge in [-0.25, -0.2) is 4.98 Å². The Morgan fingerprint density at radius 2 is 2.05 bits per heavy atom. The van der Waals surface area contributed by atoms with E-state index in [0.29, 0.717) is 0 Å². The molecule has 0 radical (unpaired) electrons. The maximum absolute atomic E-state index is 8.96. The van der Waals surface area contributed by atoms with Crippen LogP contribution in [0, 0.1) is 0 Å². The van der Waals surface area contributed by atoms with Crippen LogP contribution in [-0.4, -0.2) is 29.1 Å². The van der Waals surface area contributed by atoms with Crippen molar-refractivity contribution in [2.24, 2.45) is 10.9 Å². The highest BCUT2D eigenvalue weighted by Crippen LogP contribution is 2.26. The number of oxime groups is 1. The summed E-state index contributed by atoms with van der Waals surface area (Å²) >= 11 is 0. The van der Waals surface area contributed by atoms with Gasteiger partial charge in [-0.05, 0) is 51.2 Å². The number of rotatable bonds is 4. The van der Waals surface area contributed by atoms with Gasteiger partial charge in [-0.15, -0.1) is 0 Å². The third-order valence-corrected chi connectivity index (χ3v) is 3.73. The van der Waals surface area contributed by atoms with Crippen molar-refractivity contribution in [3.05, 3.63) is 22.9 Å². The topological polar surface area (TPSA) is 74.7 Å². The van der Waals surface area contributed by atoms with Crippen LogP contribution in [0.3, 0.4) is 0 Å². The highest BCUT2D eigenvalue weighted by atomic mass is 16.4. The fourth-order valence-corrected chi connectivity index (χ4v) is 2.63. The number of anilines is 1. The SMILES string of the molecule is CCN(CC)c1nc2c(cc1C(N)=NO)CCCC2. The zero-order valence-corrected chi connectivity index (χ0v) is 11.7. The first kappa shape index (κ1) is 13.6. The fourth-order valence-electron chi connectivity index (χ4n) is 2.63. The molecule has 1 aromatic rings. The van der Waals surface area contributed by atoms with Crippen LogP contribution < -0.4 is 10.6 Å². The largest absolute Gasteiger partial charge is 0.409 e. The van der Waals surface area contributed by atoms with Gasteiger partial charge in [-0.2, -0.15) is 0 Å². The monoisotopic (exact) mass is 262 g/mol. The second-order valence-electron chi connectivity index (χ2n) is 4.83. The molecule has 0 unspecified atom stereocenters. The minimum absolute atomic E-state index is 0.141. The summed E-state index contributed by atoms with van der Waals surface area (Å²) in [7, 11) is 0. The molecular weight excluding hydrogens is 240 g/mol. The molecule has 0 spiro atoms. The Balaban J connectivity index is 2.54. The Morgan fingerprint density at radius 3 is 2.68 bits per heavy atom. The Kier molecular flexibility index (Phi) is 4.24. The van der Waals surface area contributed by atoms with Gasteiger partial charge in [0.2, 0.25) is 0 Å². The predicted molar refractivity (Wildman–Crippen MR) is 77.0 cm³/mol. The average Bonchev–Trinajstić information content (AvgIpc) is 2.47. The summed E-state index contributed by atoms with van der Waals surface area (Å²) in [5.41, 5.74) is 8.96. The highest BCUT2D eigenvalue weighted by molar-refractivity contribution is 6.01. The molecular formula is C14H22N4O. The van der Waals surface area contributed by atoms with Crippen molar-refractivity contribution in [2.45, 2.75) is 39.5 Å². The van der Waals surface area contributed by atoms with Gasteiger partial charge < -0.3 is 15.8 Å². The quantitative estimate of drug-likeness (QED) is 0.376. The molecule has 0 saturated heterocycles. The number of aromatic nitrogens is 1. The number of fused-ring (bicyclic) bond motifs is 1. The normalized spacial score (nSPS) is 15.2. The molecule has 19 heavy (non-hydrogen) atoms. The number of hydrogen-bond acceptors (Lipinski definition) is 4. The van der Waals surface area contributed by atoms with Gasteiger partial charge in [0.15, 0.2) is 5.84 Å². The molecule has 104 valence electrons. The molecule has 5 heteroatoms. The van der Waals surface area contributed by atoms with E-state index < -0.39 is 0 Å². The lowest BCUT2D eigenvalue weighted by Gasteiger charge is -2.25. The zero-order valence-electron chi connectivity index (χ0n) is 11.7. The van der Waals surface area contributed by atoms with Crippen molar-refractivity contribution in [3.8, 4) is 0 Å². The Morgan fingerprint density at radius 1 is 1.37 bits per heavy atom. The summed E-state index contributed by atoms with van der Waals surface area (Å²) in [4.78, 5) is 6.92. The van der Waals surface area contributed by atoms with Crippen LogP contribution in [0.5, 0.6) is 0 Å². The van der Waals surface area contributed by atoms with Crippen LogP contribution >= 0.6 is 0 Å². The molecule has 1 heterocycles. The van der Waals surface area contributed by atoms with E-state index in [1.165, 1.54) is 24.1 Å². The summed E-state index contributed by atoms with van der Waals surface area (Å²) in [6, 6.07) is 2.05. The van der Waals surface area contributed by atoms with E-state index in [2.05, 4.69) is 23.9 Å². The number of amidine groups is 1. The molecule has 0 amide bonds. The molecule has 1 aliphatic carbocycles. The maximum Gasteiger partial charge on any atom is 0.173 e. The summed E-state index contributed by atoms with van der Waals surface area (Å²) in [6.45, 7) is 5.88. The molecule has 5 nitrogen and oxygen atoms in total. The third kappa shape index (κ3) is 2.64. The van der Waals surface area contributed by atoms with E-state index >= 15 is 0 Å². The van der Waals surface area contributed by atoms with Crippen molar-refractivity contribution in [3.63, 3.8) is 0 Å². The lowest BCUT2D eigenvalue weighted by atomic mass is 9.94. The molecule has 1 aliphatic rings. The van der Waals surface area contributed by atoms with Crippen molar-refractivity contribution >= 4 is 11.7 Å². The Bertz CT molecular complexity index is 481. The molecule has 0 aromatic carbocycles. The summed E-state index contributed by atoms with van der Waals surface area (Å²) in [5.74, 6) is 0.976. The van der Waals surface area contributed by atoms with Gasteiger partial charge in [0, 0.05) is 18.8 Å². The lowest BCUT2D eigenvalue weighted by molar-refractivity contribution is 0.318. The highest BCUT2D eigenvalue weighted by Gasteiger charge is 2.19. The van der Waals surface area contributed by atoms with E-state index in [1.807, 2.05) is 6.07 Å². The van der Waals surface area contributed by atoms with E-state index in [4.69, 9.17) is 15.9 Å². The summed E-state index contributed by atoms with van der Waals surface area (Å²) in [5, 5.41) is 12.1. The molecule has 0 bridgehead atoms. The molecule has 0 fully saturated rings. The molecule has 0 aliphatic heterocycles. The van der Waals surface area contributed by atoms with Crippen molar-refractivity contribution < 1.29 is 5.21 Å². The van der Waals surface area contributed by atoms with Gasteiger partial charge in [-0.3, -0.25) is 0 Å². The standard InChI is InChI=1S/C14H22N4O/c1-3-18(4-2)14-11(13(15)17-19)9-10-7-5-6-8-12(10)16-14/h9,19H,3-8H2,1-2H3,(H2,15,17). The predicted octanol–water partition coefficient (Wildman–Crippen LogP) is 1.90. The molecule has 0 atom stereocenters. The smallest absolute Gasteiger partial charge is 0.173 e. The second kappa shape index (κ2) is 5.91. The Hall–Kier alpha value is -1.78. The molecule has 0 saturated carbocycles. The van der Waals surface area contributed by atoms with Gasteiger partial charge in [0.1, 0.15) is 5.82 Å².